The lowest BCUT2D eigenvalue weighted by Gasteiger charge is -2.14. The molecule has 128 valence electrons. The SMILES string of the molecule is C[C@H](SCc1ccc(Cl)cc1)C(=O)c1c(N)n(C)c(=O)n(C)c1=O. The van der Waals surface area contributed by atoms with Gasteiger partial charge < -0.3 is 5.73 Å². The fourth-order valence-corrected chi connectivity index (χ4v) is 3.20. The summed E-state index contributed by atoms with van der Waals surface area (Å²) in [5.74, 6) is 0.102. The van der Waals surface area contributed by atoms with Crippen molar-refractivity contribution in [3.63, 3.8) is 0 Å². The molecule has 0 unspecified atom stereocenters. The molecule has 0 fully saturated rings. The molecule has 1 aromatic heterocycles. The molecular formula is C16H18ClN3O3S. The first kappa shape index (κ1) is 18.4. The summed E-state index contributed by atoms with van der Waals surface area (Å²) in [7, 11) is 2.76. The maximum absolute atomic E-state index is 12.6. The molecule has 0 radical (unpaired) electrons. The summed E-state index contributed by atoms with van der Waals surface area (Å²) in [6.07, 6.45) is 0. The Labute approximate surface area is 148 Å². The Hall–Kier alpha value is -1.99. The smallest absolute Gasteiger partial charge is 0.332 e. The number of Topliss-reactive ketones (excluding diaryl/α,β-unsaturated/α-hetero) is 1. The van der Waals surface area contributed by atoms with E-state index in [1.54, 1.807) is 19.1 Å². The second-order valence-electron chi connectivity index (χ2n) is 5.41. The molecule has 0 aliphatic heterocycles. The Morgan fingerprint density at radius 1 is 1.21 bits per heavy atom. The highest BCUT2D eigenvalue weighted by atomic mass is 35.5. The molecule has 0 aliphatic rings. The molecule has 0 saturated carbocycles. The van der Waals surface area contributed by atoms with E-state index in [-0.39, 0.29) is 17.2 Å². The largest absolute Gasteiger partial charge is 0.384 e. The van der Waals surface area contributed by atoms with Crippen LogP contribution in [0.3, 0.4) is 0 Å². The second-order valence-corrected chi connectivity index (χ2v) is 7.18. The van der Waals surface area contributed by atoms with E-state index in [2.05, 4.69) is 0 Å². The number of halogens is 1. The summed E-state index contributed by atoms with van der Waals surface area (Å²) in [6.45, 7) is 1.72. The van der Waals surface area contributed by atoms with E-state index < -0.39 is 16.5 Å². The van der Waals surface area contributed by atoms with Gasteiger partial charge in [-0.05, 0) is 24.6 Å². The first-order valence-corrected chi connectivity index (χ1v) is 8.62. The van der Waals surface area contributed by atoms with Gasteiger partial charge in [0.25, 0.3) is 5.56 Å². The molecule has 2 aromatic rings. The van der Waals surface area contributed by atoms with Crippen LogP contribution in [0.15, 0.2) is 33.9 Å². The zero-order chi connectivity index (χ0) is 18.0. The Morgan fingerprint density at radius 3 is 2.38 bits per heavy atom. The first-order chi connectivity index (χ1) is 11.2. The third-order valence-electron chi connectivity index (χ3n) is 3.74. The summed E-state index contributed by atoms with van der Waals surface area (Å²) < 4.78 is 1.99. The van der Waals surface area contributed by atoms with Gasteiger partial charge in [-0.2, -0.15) is 0 Å². The number of carbonyl (C=O) groups is 1. The molecule has 6 nitrogen and oxygen atoms in total. The van der Waals surface area contributed by atoms with Crippen molar-refractivity contribution in [2.24, 2.45) is 14.1 Å². The molecule has 2 N–H and O–H groups in total. The quantitative estimate of drug-likeness (QED) is 0.814. The molecule has 24 heavy (non-hydrogen) atoms. The van der Waals surface area contributed by atoms with Crippen LogP contribution in [-0.4, -0.2) is 20.2 Å². The molecule has 1 aromatic carbocycles. The Morgan fingerprint density at radius 2 is 1.79 bits per heavy atom. The van der Waals surface area contributed by atoms with Crippen LogP contribution in [0.1, 0.15) is 22.8 Å². The van der Waals surface area contributed by atoms with Crippen molar-refractivity contribution in [1.29, 1.82) is 0 Å². The van der Waals surface area contributed by atoms with Gasteiger partial charge in [-0.15, -0.1) is 11.8 Å². The van der Waals surface area contributed by atoms with Crippen LogP contribution in [0.25, 0.3) is 0 Å². The number of hydrogen-bond acceptors (Lipinski definition) is 5. The summed E-state index contributed by atoms with van der Waals surface area (Å²) in [5.41, 5.74) is 5.47. The lowest BCUT2D eigenvalue weighted by molar-refractivity contribution is 0.0992. The highest BCUT2D eigenvalue weighted by Crippen LogP contribution is 2.22. The van der Waals surface area contributed by atoms with E-state index in [0.29, 0.717) is 10.8 Å². The van der Waals surface area contributed by atoms with Crippen molar-refractivity contribution in [3.05, 3.63) is 61.3 Å². The Kier molecular flexibility index (Phi) is 5.56. The van der Waals surface area contributed by atoms with Gasteiger partial charge in [0.05, 0.1) is 5.25 Å². The number of nitrogens with two attached hydrogens (primary N) is 1. The van der Waals surface area contributed by atoms with Crippen molar-refractivity contribution in [1.82, 2.24) is 9.13 Å². The van der Waals surface area contributed by atoms with Crippen molar-refractivity contribution in [2.75, 3.05) is 5.73 Å². The maximum Gasteiger partial charge on any atom is 0.332 e. The van der Waals surface area contributed by atoms with Crippen LogP contribution >= 0.6 is 23.4 Å². The zero-order valence-electron chi connectivity index (χ0n) is 13.6. The zero-order valence-corrected chi connectivity index (χ0v) is 15.1. The fraction of sp³-hybridized carbons (Fsp3) is 0.312. The van der Waals surface area contributed by atoms with E-state index in [9.17, 15) is 14.4 Å². The van der Waals surface area contributed by atoms with Crippen molar-refractivity contribution in [2.45, 2.75) is 17.9 Å². The minimum Gasteiger partial charge on any atom is -0.384 e. The summed E-state index contributed by atoms with van der Waals surface area (Å²) in [5, 5.41) is 0.169. The van der Waals surface area contributed by atoms with E-state index in [0.717, 1.165) is 14.7 Å². The lowest BCUT2D eigenvalue weighted by atomic mass is 10.1. The molecular weight excluding hydrogens is 350 g/mol. The van der Waals surface area contributed by atoms with Gasteiger partial charge in [0.1, 0.15) is 11.4 Å². The number of anilines is 1. The number of thioether (sulfide) groups is 1. The van der Waals surface area contributed by atoms with Crippen LogP contribution < -0.4 is 17.0 Å². The predicted molar refractivity (Wildman–Crippen MR) is 97.9 cm³/mol. The molecule has 2 rings (SSSR count). The van der Waals surface area contributed by atoms with Crippen LogP contribution in [-0.2, 0) is 19.8 Å². The van der Waals surface area contributed by atoms with Crippen LogP contribution in [0.2, 0.25) is 5.02 Å². The number of hydrogen-bond donors (Lipinski definition) is 1. The van der Waals surface area contributed by atoms with Crippen molar-refractivity contribution < 1.29 is 4.79 Å². The lowest BCUT2D eigenvalue weighted by Crippen LogP contribution is -2.42. The third-order valence-corrected chi connectivity index (χ3v) is 5.20. The van der Waals surface area contributed by atoms with Gasteiger partial charge in [-0.25, -0.2) is 4.79 Å². The number of rotatable bonds is 5. The monoisotopic (exact) mass is 367 g/mol. The van der Waals surface area contributed by atoms with Crippen LogP contribution in [0.4, 0.5) is 5.82 Å². The molecule has 1 atom stereocenters. The predicted octanol–water partition coefficient (Wildman–Crippen LogP) is 1.82. The topological polar surface area (TPSA) is 87.1 Å². The number of nitrogen functional groups attached to an aromatic ring is 1. The number of nitrogens with zero attached hydrogens (tertiary/aromatic N) is 2. The van der Waals surface area contributed by atoms with Crippen LogP contribution in [0.5, 0.6) is 0 Å². The van der Waals surface area contributed by atoms with Gasteiger partial charge in [-0.3, -0.25) is 18.7 Å². The number of aromatic nitrogens is 2. The van der Waals surface area contributed by atoms with Gasteiger partial charge in [0.2, 0.25) is 0 Å². The molecule has 0 aliphatic carbocycles. The molecule has 1 heterocycles. The average Bonchev–Trinajstić information content (AvgIpc) is 2.57. The first-order valence-electron chi connectivity index (χ1n) is 7.19. The molecule has 0 spiro atoms. The van der Waals surface area contributed by atoms with E-state index in [1.165, 1.54) is 25.9 Å². The summed E-state index contributed by atoms with van der Waals surface area (Å²) in [4.78, 5) is 36.7. The minimum atomic E-state index is -0.667. The highest BCUT2D eigenvalue weighted by molar-refractivity contribution is 7.99. The third kappa shape index (κ3) is 3.57. The van der Waals surface area contributed by atoms with Gasteiger partial charge >= 0.3 is 5.69 Å². The van der Waals surface area contributed by atoms with Gasteiger partial charge in [-0.1, -0.05) is 23.7 Å². The Balaban J connectivity index is 2.24. The Bertz CT molecular complexity index is 887. The van der Waals surface area contributed by atoms with Crippen LogP contribution in [0, 0.1) is 0 Å². The molecule has 0 amide bonds. The van der Waals surface area contributed by atoms with Crippen molar-refractivity contribution in [3.8, 4) is 0 Å². The standard InChI is InChI=1S/C16H18ClN3O3S/c1-9(24-8-10-4-6-11(17)7-5-10)13(21)12-14(18)19(2)16(23)20(3)15(12)22/h4-7,9H,8,18H2,1-3H3/t9-/m0/s1. The van der Waals surface area contributed by atoms with Crippen molar-refractivity contribution >= 4 is 35.0 Å². The summed E-state index contributed by atoms with van der Waals surface area (Å²) >= 11 is 7.23. The number of benzene rings is 1. The molecule has 0 saturated heterocycles. The maximum atomic E-state index is 12.6. The number of carbonyl (C=O) groups excluding carboxylic acids is 1. The van der Waals surface area contributed by atoms with E-state index in [4.69, 9.17) is 17.3 Å². The average molecular weight is 368 g/mol. The van der Waals surface area contributed by atoms with E-state index >= 15 is 0 Å². The number of ketones is 1. The van der Waals surface area contributed by atoms with E-state index in [1.807, 2.05) is 12.1 Å². The normalized spacial score (nSPS) is 12.2. The molecule has 8 heteroatoms. The second kappa shape index (κ2) is 7.27. The summed E-state index contributed by atoms with van der Waals surface area (Å²) in [6, 6.07) is 7.33. The highest BCUT2D eigenvalue weighted by Gasteiger charge is 2.24. The molecule has 0 bridgehead atoms. The minimum absolute atomic E-state index is 0.105. The van der Waals surface area contributed by atoms with Gasteiger partial charge in [0, 0.05) is 24.9 Å². The van der Waals surface area contributed by atoms with Gasteiger partial charge in [0.15, 0.2) is 5.78 Å². The fourth-order valence-electron chi connectivity index (χ4n) is 2.17.